The summed E-state index contributed by atoms with van der Waals surface area (Å²) in [5.74, 6) is 0.170. The zero-order valence-electron chi connectivity index (χ0n) is 13.5. The van der Waals surface area contributed by atoms with Gasteiger partial charge in [0.05, 0.1) is 7.11 Å². The summed E-state index contributed by atoms with van der Waals surface area (Å²) in [6.45, 7) is 3.64. The second-order valence-corrected chi connectivity index (χ2v) is 5.83. The SMILES string of the molecule is COc1ccc(NC(=O)CN2C(=O)N[C@@H](CC(C)C)C2=O)cc1. The van der Waals surface area contributed by atoms with E-state index in [1.165, 1.54) is 0 Å². The van der Waals surface area contributed by atoms with Crippen molar-refractivity contribution in [2.75, 3.05) is 19.0 Å². The maximum atomic E-state index is 12.2. The van der Waals surface area contributed by atoms with Crippen LogP contribution in [0.25, 0.3) is 0 Å². The molecule has 1 aliphatic rings. The highest BCUT2D eigenvalue weighted by atomic mass is 16.5. The van der Waals surface area contributed by atoms with Gasteiger partial charge in [-0.1, -0.05) is 13.8 Å². The molecule has 1 atom stereocenters. The molecule has 0 spiro atoms. The standard InChI is InChI=1S/C16H21N3O4/c1-10(2)8-13-15(21)19(16(22)18-13)9-14(20)17-11-4-6-12(23-3)7-5-11/h4-7,10,13H,8-9H2,1-3H3,(H,17,20)(H,18,22)/t13-/m0/s1. The molecular weight excluding hydrogens is 298 g/mol. The number of nitrogens with zero attached hydrogens (tertiary/aromatic N) is 1. The fourth-order valence-corrected chi connectivity index (χ4v) is 2.38. The van der Waals surface area contributed by atoms with Crippen molar-refractivity contribution in [1.82, 2.24) is 10.2 Å². The van der Waals surface area contributed by atoms with Gasteiger partial charge in [-0.25, -0.2) is 4.79 Å². The number of methoxy groups -OCH3 is 1. The van der Waals surface area contributed by atoms with Crippen molar-refractivity contribution >= 4 is 23.5 Å². The van der Waals surface area contributed by atoms with Gasteiger partial charge in [0.25, 0.3) is 5.91 Å². The first-order valence-corrected chi connectivity index (χ1v) is 7.46. The minimum absolute atomic E-state index is 0.275. The number of imide groups is 1. The van der Waals surface area contributed by atoms with Crippen LogP contribution in [0.1, 0.15) is 20.3 Å². The zero-order valence-corrected chi connectivity index (χ0v) is 13.5. The lowest BCUT2D eigenvalue weighted by Crippen LogP contribution is -2.38. The molecule has 1 saturated heterocycles. The number of carbonyl (C=O) groups is 3. The van der Waals surface area contributed by atoms with Gasteiger partial charge in [0, 0.05) is 5.69 Å². The Hall–Kier alpha value is -2.57. The fraction of sp³-hybridized carbons (Fsp3) is 0.438. The molecule has 0 unspecified atom stereocenters. The summed E-state index contributed by atoms with van der Waals surface area (Å²) in [6.07, 6.45) is 0.557. The number of rotatable bonds is 6. The summed E-state index contributed by atoms with van der Waals surface area (Å²) in [7, 11) is 1.55. The molecule has 0 aliphatic carbocycles. The fourth-order valence-electron chi connectivity index (χ4n) is 2.38. The third-order valence-electron chi connectivity index (χ3n) is 3.49. The Bertz CT molecular complexity index is 598. The van der Waals surface area contributed by atoms with Crippen LogP contribution in [0.4, 0.5) is 10.5 Å². The lowest BCUT2D eigenvalue weighted by atomic mass is 10.0. The van der Waals surface area contributed by atoms with Gasteiger partial charge >= 0.3 is 6.03 Å². The molecule has 7 nitrogen and oxygen atoms in total. The lowest BCUT2D eigenvalue weighted by Gasteiger charge is -2.14. The monoisotopic (exact) mass is 319 g/mol. The summed E-state index contributed by atoms with van der Waals surface area (Å²) in [5.41, 5.74) is 0.571. The quantitative estimate of drug-likeness (QED) is 0.780. The highest BCUT2D eigenvalue weighted by molar-refractivity contribution is 6.07. The van der Waals surface area contributed by atoms with Crippen molar-refractivity contribution in [3.8, 4) is 5.75 Å². The highest BCUT2D eigenvalue weighted by Crippen LogP contribution is 2.16. The van der Waals surface area contributed by atoms with E-state index in [1.54, 1.807) is 31.4 Å². The summed E-state index contributed by atoms with van der Waals surface area (Å²) >= 11 is 0. The Morgan fingerprint density at radius 1 is 1.30 bits per heavy atom. The molecule has 1 heterocycles. The second-order valence-electron chi connectivity index (χ2n) is 5.83. The van der Waals surface area contributed by atoms with E-state index < -0.39 is 18.0 Å². The van der Waals surface area contributed by atoms with Gasteiger partial charge in [-0.05, 0) is 36.6 Å². The van der Waals surface area contributed by atoms with Crippen molar-refractivity contribution in [1.29, 1.82) is 0 Å². The highest BCUT2D eigenvalue weighted by Gasteiger charge is 2.38. The third-order valence-corrected chi connectivity index (χ3v) is 3.49. The molecule has 1 aromatic carbocycles. The van der Waals surface area contributed by atoms with Gasteiger partial charge in [-0.3, -0.25) is 14.5 Å². The topological polar surface area (TPSA) is 87.7 Å². The van der Waals surface area contributed by atoms with Gasteiger partial charge in [0.2, 0.25) is 5.91 Å². The molecule has 0 bridgehead atoms. The predicted octanol–water partition coefficient (Wildman–Crippen LogP) is 1.60. The first-order chi connectivity index (χ1) is 10.9. The van der Waals surface area contributed by atoms with E-state index in [4.69, 9.17) is 4.74 Å². The molecule has 4 amide bonds. The van der Waals surface area contributed by atoms with Crippen LogP contribution < -0.4 is 15.4 Å². The van der Waals surface area contributed by atoms with Crippen LogP contribution in [-0.2, 0) is 9.59 Å². The van der Waals surface area contributed by atoms with Crippen LogP contribution in [0.15, 0.2) is 24.3 Å². The van der Waals surface area contributed by atoms with Crippen molar-refractivity contribution in [3.63, 3.8) is 0 Å². The molecule has 0 saturated carbocycles. The lowest BCUT2D eigenvalue weighted by molar-refractivity contribution is -0.131. The van der Waals surface area contributed by atoms with E-state index in [0.717, 1.165) is 4.90 Å². The Morgan fingerprint density at radius 2 is 1.96 bits per heavy atom. The van der Waals surface area contributed by atoms with Gasteiger partial charge < -0.3 is 15.4 Å². The average Bonchev–Trinajstić information content (AvgIpc) is 2.75. The van der Waals surface area contributed by atoms with Crippen LogP contribution in [-0.4, -0.2) is 42.4 Å². The third kappa shape index (κ3) is 4.21. The molecule has 1 fully saturated rings. The number of carbonyl (C=O) groups excluding carboxylic acids is 3. The number of ether oxygens (including phenoxy) is 1. The molecule has 1 aliphatic heterocycles. The largest absolute Gasteiger partial charge is 0.497 e. The number of hydrogen-bond acceptors (Lipinski definition) is 4. The first kappa shape index (κ1) is 16.8. The summed E-state index contributed by atoms with van der Waals surface area (Å²) in [6, 6.07) is 5.72. The predicted molar refractivity (Wildman–Crippen MR) is 85.1 cm³/mol. The van der Waals surface area contributed by atoms with E-state index in [9.17, 15) is 14.4 Å². The van der Waals surface area contributed by atoms with E-state index >= 15 is 0 Å². The molecule has 0 aromatic heterocycles. The van der Waals surface area contributed by atoms with Crippen molar-refractivity contribution in [2.45, 2.75) is 26.3 Å². The molecule has 0 radical (unpaired) electrons. The second kappa shape index (κ2) is 7.13. The Labute approximate surface area is 135 Å². The molecule has 2 N–H and O–H groups in total. The van der Waals surface area contributed by atoms with Crippen LogP contribution in [0.5, 0.6) is 5.75 Å². The Morgan fingerprint density at radius 3 is 2.52 bits per heavy atom. The molecule has 23 heavy (non-hydrogen) atoms. The van der Waals surface area contributed by atoms with Crippen LogP contribution in [0.3, 0.4) is 0 Å². The average molecular weight is 319 g/mol. The van der Waals surface area contributed by atoms with E-state index in [0.29, 0.717) is 17.9 Å². The van der Waals surface area contributed by atoms with Gasteiger partial charge in [-0.15, -0.1) is 0 Å². The molecule has 2 rings (SSSR count). The normalized spacial score (nSPS) is 17.4. The van der Waals surface area contributed by atoms with Crippen molar-refractivity contribution in [2.24, 2.45) is 5.92 Å². The number of urea groups is 1. The van der Waals surface area contributed by atoms with Crippen LogP contribution in [0, 0.1) is 5.92 Å². The van der Waals surface area contributed by atoms with Gasteiger partial charge in [-0.2, -0.15) is 0 Å². The number of anilines is 1. The Kier molecular flexibility index (Phi) is 5.20. The molecule has 7 heteroatoms. The number of hydrogen-bond donors (Lipinski definition) is 2. The molecule has 124 valence electrons. The number of amides is 4. The minimum Gasteiger partial charge on any atom is -0.497 e. The van der Waals surface area contributed by atoms with Gasteiger partial charge in [0.15, 0.2) is 0 Å². The maximum absolute atomic E-state index is 12.2. The summed E-state index contributed by atoms with van der Waals surface area (Å²) in [4.78, 5) is 37.0. The van der Waals surface area contributed by atoms with Crippen molar-refractivity contribution < 1.29 is 19.1 Å². The maximum Gasteiger partial charge on any atom is 0.325 e. The number of benzene rings is 1. The molecule has 1 aromatic rings. The Balaban J connectivity index is 1.94. The molecular formula is C16H21N3O4. The smallest absolute Gasteiger partial charge is 0.325 e. The van der Waals surface area contributed by atoms with Crippen LogP contribution in [0.2, 0.25) is 0 Å². The van der Waals surface area contributed by atoms with Crippen molar-refractivity contribution in [3.05, 3.63) is 24.3 Å². The van der Waals surface area contributed by atoms with Gasteiger partial charge in [0.1, 0.15) is 18.3 Å². The van der Waals surface area contributed by atoms with E-state index in [1.807, 2.05) is 13.8 Å². The van der Waals surface area contributed by atoms with E-state index in [-0.39, 0.29) is 18.4 Å². The summed E-state index contributed by atoms with van der Waals surface area (Å²) < 4.78 is 5.03. The first-order valence-electron chi connectivity index (χ1n) is 7.46. The zero-order chi connectivity index (χ0) is 17.0. The minimum atomic E-state index is -0.545. The van der Waals surface area contributed by atoms with Crippen LogP contribution >= 0.6 is 0 Å². The summed E-state index contributed by atoms with van der Waals surface area (Å²) in [5, 5.41) is 5.26. The van der Waals surface area contributed by atoms with E-state index in [2.05, 4.69) is 10.6 Å². The number of nitrogens with one attached hydrogen (secondary N) is 2.